The molecule has 152 valence electrons. The highest BCUT2D eigenvalue weighted by Crippen LogP contribution is 2.38. The summed E-state index contributed by atoms with van der Waals surface area (Å²) in [6.45, 7) is 0.345. The smallest absolute Gasteiger partial charge is 0.407 e. The maximum atomic E-state index is 14.0. The Kier molecular flexibility index (Phi) is 5.29. The molecule has 3 aromatic heterocycles. The summed E-state index contributed by atoms with van der Waals surface area (Å²) in [5.74, 6) is 0. The Bertz CT molecular complexity index is 1180. The van der Waals surface area contributed by atoms with Gasteiger partial charge in [-0.15, -0.1) is 0 Å². The SMILES string of the molecule is N#Cc1ccc2c(C(NCc3ccoc3)C(F)(F)F)cn(Cc3cccnc3)c2c1. The maximum Gasteiger partial charge on any atom is 0.407 e. The second-order valence-electron chi connectivity index (χ2n) is 6.90. The molecular formula is C22H17F3N4O. The number of fused-ring (bicyclic) bond motifs is 1. The summed E-state index contributed by atoms with van der Waals surface area (Å²) < 4.78 is 48.6. The van der Waals surface area contributed by atoms with Crippen LogP contribution in [-0.4, -0.2) is 15.7 Å². The molecule has 0 aliphatic carbocycles. The van der Waals surface area contributed by atoms with Gasteiger partial charge in [0.05, 0.1) is 24.2 Å². The summed E-state index contributed by atoms with van der Waals surface area (Å²) in [5, 5.41) is 12.3. The quantitative estimate of drug-likeness (QED) is 0.489. The van der Waals surface area contributed by atoms with Crippen LogP contribution in [0, 0.1) is 11.3 Å². The molecule has 1 atom stereocenters. The lowest BCUT2D eigenvalue weighted by atomic mass is 10.0. The third kappa shape index (κ3) is 4.07. The predicted molar refractivity (Wildman–Crippen MR) is 104 cm³/mol. The Morgan fingerprint density at radius 3 is 2.73 bits per heavy atom. The molecule has 8 heteroatoms. The third-order valence-corrected chi connectivity index (χ3v) is 4.85. The summed E-state index contributed by atoms with van der Waals surface area (Å²) in [6, 6.07) is 10.1. The van der Waals surface area contributed by atoms with Gasteiger partial charge in [-0.2, -0.15) is 18.4 Å². The maximum absolute atomic E-state index is 14.0. The Morgan fingerprint density at radius 2 is 2.07 bits per heavy atom. The van der Waals surface area contributed by atoms with Gasteiger partial charge in [0.1, 0.15) is 6.04 Å². The average molecular weight is 410 g/mol. The first-order valence-electron chi connectivity index (χ1n) is 9.18. The molecule has 0 fully saturated rings. The minimum absolute atomic E-state index is 0.00618. The molecule has 1 N–H and O–H groups in total. The molecule has 0 aliphatic heterocycles. The Morgan fingerprint density at radius 1 is 1.20 bits per heavy atom. The van der Waals surface area contributed by atoms with Crippen LogP contribution in [0.2, 0.25) is 0 Å². The minimum Gasteiger partial charge on any atom is -0.472 e. The van der Waals surface area contributed by atoms with Crippen molar-refractivity contribution < 1.29 is 17.6 Å². The molecule has 0 radical (unpaired) electrons. The van der Waals surface area contributed by atoms with Gasteiger partial charge < -0.3 is 8.98 Å². The molecule has 0 saturated heterocycles. The van der Waals surface area contributed by atoms with Gasteiger partial charge in [-0.05, 0) is 29.8 Å². The van der Waals surface area contributed by atoms with Crippen LogP contribution in [0.1, 0.15) is 28.3 Å². The van der Waals surface area contributed by atoms with Crippen molar-refractivity contribution in [2.45, 2.75) is 25.3 Å². The molecule has 0 amide bonds. The van der Waals surface area contributed by atoms with E-state index in [-0.39, 0.29) is 12.1 Å². The van der Waals surface area contributed by atoms with Gasteiger partial charge >= 0.3 is 6.18 Å². The molecule has 0 spiro atoms. The fraction of sp³-hybridized carbons (Fsp3) is 0.182. The van der Waals surface area contributed by atoms with Crippen molar-refractivity contribution in [2.24, 2.45) is 0 Å². The van der Waals surface area contributed by atoms with Crippen molar-refractivity contribution in [3.63, 3.8) is 0 Å². The zero-order chi connectivity index (χ0) is 21.1. The molecule has 1 unspecified atom stereocenters. The van der Waals surface area contributed by atoms with E-state index in [4.69, 9.17) is 4.42 Å². The fourth-order valence-electron chi connectivity index (χ4n) is 3.45. The monoisotopic (exact) mass is 410 g/mol. The lowest BCUT2D eigenvalue weighted by Gasteiger charge is -2.21. The topological polar surface area (TPSA) is 66.8 Å². The largest absolute Gasteiger partial charge is 0.472 e. The molecular weight excluding hydrogens is 393 g/mol. The van der Waals surface area contributed by atoms with Gasteiger partial charge in [0.2, 0.25) is 0 Å². The van der Waals surface area contributed by atoms with E-state index in [1.807, 2.05) is 12.1 Å². The van der Waals surface area contributed by atoms with Crippen molar-refractivity contribution in [3.05, 3.63) is 89.8 Å². The van der Waals surface area contributed by atoms with Crippen LogP contribution in [0.25, 0.3) is 10.9 Å². The summed E-state index contributed by atoms with van der Waals surface area (Å²) >= 11 is 0. The van der Waals surface area contributed by atoms with Crippen LogP contribution in [-0.2, 0) is 13.1 Å². The second kappa shape index (κ2) is 8.05. The van der Waals surface area contributed by atoms with E-state index < -0.39 is 12.2 Å². The van der Waals surface area contributed by atoms with Crippen LogP contribution in [0.5, 0.6) is 0 Å². The van der Waals surface area contributed by atoms with Crippen molar-refractivity contribution in [3.8, 4) is 6.07 Å². The number of hydrogen-bond donors (Lipinski definition) is 1. The summed E-state index contributed by atoms with van der Waals surface area (Å²) in [7, 11) is 0. The Balaban J connectivity index is 1.78. The molecule has 5 nitrogen and oxygen atoms in total. The number of pyridine rings is 1. The van der Waals surface area contributed by atoms with E-state index in [2.05, 4.69) is 10.3 Å². The van der Waals surface area contributed by atoms with Gasteiger partial charge in [-0.1, -0.05) is 12.1 Å². The van der Waals surface area contributed by atoms with Crippen molar-refractivity contribution in [1.29, 1.82) is 5.26 Å². The molecule has 30 heavy (non-hydrogen) atoms. The number of alkyl halides is 3. The summed E-state index contributed by atoms with van der Waals surface area (Å²) in [5.41, 5.74) is 2.52. The zero-order valence-corrected chi connectivity index (χ0v) is 15.7. The van der Waals surface area contributed by atoms with Crippen molar-refractivity contribution in [1.82, 2.24) is 14.9 Å². The number of nitrogens with zero attached hydrogens (tertiary/aromatic N) is 3. The number of rotatable bonds is 6. The lowest BCUT2D eigenvalue weighted by Crippen LogP contribution is -2.33. The Labute approximate surface area is 170 Å². The number of nitrogens with one attached hydrogen (secondary N) is 1. The fourth-order valence-corrected chi connectivity index (χ4v) is 3.45. The average Bonchev–Trinajstić information content (AvgIpc) is 3.36. The van der Waals surface area contributed by atoms with E-state index in [0.717, 1.165) is 5.56 Å². The van der Waals surface area contributed by atoms with E-state index in [1.54, 1.807) is 41.2 Å². The molecule has 1 aromatic carbocycles. The molecule has 0 bridgehead atoms. The number of halogens is 3. The predicted octanol–water partition coefficient (Wildman–Crippen LogP) is 4.94. The standard InChI is InChI=1S/C22H17F3N4O/c23-22(24,25)21(28-11-17-5-7-30-14-17)19-13-29(12-16-2-1-6-27-10-16)20-8-15(9-26)3-4-18(19)20/h1-8,10,13-14,21,28H,11-12H2. The number of furan rings is 1. The number of hydrogen-bond acceptors (Lipinski definition) is 4. The highest BCUT2D eigenvalue weighted by atomic mass is 19.4. The number of aromatic nitrogens is 2. The first kappa shape index (κ1) is 19.7. The lowest BCUT2D eigenvalue weighted by molar-refractivity contribution is -0.157. The zero-order valence-electron chi connectivity index (χ0n) is 15.7. The van der Waals surface area contributed by atoms with Gasteiger partial charge in [0, 0.05) is 53.7 Å². The van der Waals surface area contributed by atoms with Gasteiger partial charge in [-0.25, -0.2) is 0 Å². The number of benzene rings is 1. The van der Waals surface area contributed by atoms with Crippen LogP contribution in [0.15, 0.2) is 71.9 Å². The number of nitriles is 1. The van der Waals surface area contributed by atoms with Crippen LogP contribution >= 0.6 is 0 Å². The molecule has 0 saturated carbocycles. The van der Waals surface area contributed by atoms with E-state index >= 15 is 0 Å². The minimum atomic E-state index is -4.51. The normalized spacial score (nSPS) is 12.7. The highest BCUT2D eigenvalue weighted by molar-refractivity contribution is 5.86. The molecule has 4 rings (SSSR count). The van der Waals surface area contributed by atoms with Crippen LogP contribution in [0.3, 0.4) is 0 Å². The van der Waals surface area contributed by atoms with E-state index in [1.165, 1.54) is 24.8 Å². The van der Waals surface area contributed by atoms with Crippen LogP contribution < -0.4 is 5.32 Å². The van der Waals surface area contributed by atoms with Gasteiger partial charge in [0.25, 0.3) is 0 Å². The van der Waals surface area contributed by atoms with Crippen LogP contribution in [0.4, 0.5) is 13.2 Å². The molecule has 3 heterocycles. The van der Waals surface area contributed by atoms with Gasteiger partial charge in [0.15, 0.2) is 0 Å². The highest BCUT2D eigenvalue weighted by Gasteiger charge is 2.42. The van der Waals surface area contributed by atoms with Crippen molar-refractivity contribution >= 4 is 10.9 Å². The van der Waals surface area contributed by atoms with E-state index in [9.17, 15) is 18.4 Å². The second-order valence-corrected chi connectivity index (χ2v) is 6.90. The van der Waals surface area contributed by atoms with E-state index in [0.29, 0.717) is 28.6 Å². The Hall–Kier alpha value is -3.57. The summed E-state index contributed by atoms with van der Waals surface area (Å²) in [6.07, 6.45) is 3.12. The first-order chi connectivity index (χ1) is 14.5. The first-order valence-corrected chi connectivity index (χ1v) is 9.18. The van der Waals surface area contributed by atoms with Gasteiger partial charge in [-0.3, -0.25) is 10.3 Å². The third-order valence-electron chi connectivity index (χ3n) is 4.85. The molecule has 4 aromatic rings. The summed E-state index contributed by atoms with van der Waals surface area (Å²) in [4.78, 5) is 4.07. The molecule has 0 aliphatic rings. The van der Waals surface area contributed by atoms with Crippen molar-refractivity contribution in [2.75, 3.05) is 0 Å².